The van der Waals surface area contributed by atoms with E-state index < -0.39 is 0 Å². The Bertz CT molecular complexity index is 535. The summed E-state index contributed by atoms with van der Waals surface area (Å²) < 4.78 is 5.52. The minimum atomic E-state index is 0.404. The highest BCUT2D eigenvalue weighted by molar-refractivity contribution is 6.29. The topological polar surface area (TPSA) is 76.7 Å². The molecular weight excluding hydrogens is 266 g/mol. The van der Waals surface area contributed by atoms with Crippen LogP contribution in [0, 0.1) is 12.8 Å². The minimum Gasteiger partial charge on any atom is -0.423 e. The van der Waals surface area contributed by atoms with Crippen LogP contribution in [0.4, 0.5) is 5.82 Å². The molecule has 19 heavy (non-hydrogen) atoms. The molecule has 0 radical (unpaired) electrons. The summed E-state index contributed by atoms with van der Waals surface area (Å²) in [7, 11) is 0. The molecule has 0 unspecified atom stereocenters. The lowest BCUT2D eigenvalue weighted by Crippen LogP contribution is -2.03. The monoisotopic (exact) mass is 281 g/mol. The van der Waals surface area contributed by atoms with E-state index in [2.05, 4.69) is 39.3 Å². The standard InChI is InChI=1S/C12H16ClN5O/c1-7(2)4-11-17-18-12(19-11)6-14-10-5-9(13)15-8(3)16-10/h5,7H,4,6H2,1-3H3,(H,14,15,16). The molecule has 102 valence electrons. The summed E-state index contributed by atoms with van der Waals surface area (Å²) in [6, 6.07) is 1.65. The average Bonchev–Trinajstić information content (AvgIpc) is 2.72. The number of rotatable bonds is 5. The van der Waals surface area contributed by atoms with Gasteiger partial charge in [-0.15, -0.1) is 10.2 Å². The van der Waals surface area contributed by atoms with Gasteiger partial charge in [-0.2, -0.15) is 0 Å². The molecule has 2 rings (SSSR count). The van der Waals surface area contributed by atoms with Crippen LogP contribution < -0.4 is 5.32 Å². The Morgan fingerprint density at radius 2 is 2.00 bits per heavy atom. The number of aryl methyl sites for hydroxylation is 1. The molecule has 0 bridgehead atoms. The van der Waals surface area contributed by atoms with Crippen molar-refractivity contribution in [3.05, 3.63) is 28.8 Å². The third kappa shape index (κ3) is 4.17. The van der Waals surface area contributed by atoms with Crippen LogP contribution >= 0.6 is 11.6 Å². The zero-order valence-electron chi connectivity index (χ0n) is 11.1. The largest absolute Gasteiger partial charge is 0.423 e. The van der Waals surface area contributed by atoms with Gasteiger partial charge in [0.1, 0.15) is 16.8 Å². The van der Waals surface area contributed by atoms with Gasteiger partial charge in [0.15, 0.2) is 0 Å². The Kier molecular flexibility index (Phi) is 4.31. The van der Waals surface area contributed by atoms with Crippen molar-refractivity contribution < 1.29 is 4.42 Å². The summed E-state index contributed by atoms with van der Waals surface area (Å²) >= 11 is 5.85. The quantitative estimate of drug-likeness (QED) is 0.849. The van der Waals surface area contributed by atoms with Gasteiger partial charge in [0, 0.05) is 12.5 Å². The number of aromatic nitrogens is 4. The van der Waals surface area contributed by atoms with Crippen LogP contribution in [0.3, 0.4) is 0 Å². The number of hydrogen-bond acceptors (Lipinski definition) is 6. The first-order valence-corrected chi connectivity index (χ1v) is 6.47. The molecule has 0 spiro atoms. The molecule has 0 saturated heterocycles. The van der Waals surface area contributed by atoms with Crippen LogP contribution in [-0.2, 0) is 13.0 Å². The lowest BCUT2D eigenvalue weighted by atomic mass is 10.1. The van der Waals surface area contributed by atoms with Crippen molar-refractivity contribution in [2.45, 2.75) is 33.7 Å². The van der Waals surface area contributed by atoms with Crippen LogP contribution in [-0.4, -0.2) is 20.2 Å². The van der Waals surface area contributed by atoms with Crippen molar-refractivity contribution in [1.82, 2.24) is 20.2 Å². The number of nitrogens with one attached hydrogen (secondary N) is 1. The SMILES string of the molecule is Cc1nc(Cl)cc(NCc2nnc(CC(C)C)o2)n1. The van der Waals surface area contributed by atoms with E-state index in [1.54, 1.807) is 13.0 Å². The maximum Gasteiger partial charge on any atom is 0.235 e. The van der Waals surface area contributed by atoms with E-state index in [0.717, 1.165) is 6.42 Å². The van der Waals surface area contributed by atoms with Gasteiger partial charge in [-0.25, -0.2) is 9.97 Å². The average molecular weight is 282 g/mol. The second kappa shape index (κ2) is 5.97. The predicted molar refractivity (Wildman–Crippen MR) is 71.9 cm³/mol. The van der Waals surface area contributed by atoms with Gasteiger partial charge < -0.3 is 9.73 Å². The predicted octanol–water partition coefficient (Wildman–Crippen LogP) is 2.63. The first-order chi connectivity index (χ1) is 9.02. The molecule has 2 heterocycles. The molecule has 2 aromatic heterocycles. The molecule has 0 atom stereocenters. The van der Waals surface area contributed by atoms with Gasteiger partial charge in [-0.05, 0) is 12.8 Å². The number of halogens is 1. The number of nitrogens with zero attached hydrogens (tertiary/aromatic N) is 4. The summed E-state index contributed by atoms with van der Waals surface area (Å²) in [5.74, 6) is 2.93. The van der Waals surface area contributed by atoms with E-state index >= 15 is 0 Å². The van der Waals surface area contributed by atoms with Crippen molar-refractivity contribution in [3.63, 3.8) is 0 Å². The fourth-order valence-electron chi connectivity index (χ4n) is 1.58. The molecule has 1 N–H and O–H groups in total. The Labute approximate surface area is 116 Å². The molecule has 0 amide bonds. The summed E-state index contributed by atoms with van der Waals surface area (Å²) in [6.07, 6.45) is 0.783. The van der Waals surface area contributed by atoms with E-state index in [-0.39, 0.29) is 0 Å². The zero-order valence-corrected chi connectivity index (χ0v) is 11.9. The van der Waals surface area contributed by atoms with E-state index in [0.29, 0.717) is 41.0 Å². The van der Waals surface area contributed by atoms with Crippen molar-refractivity contribution in [1.29, 1.82) is 0 Å². The van der Waals surface area contributed by atoms with Gasteiger partial charge >= 0.3 is 0 Å². The molecule has 7 heteroatoms. The van der Waals surface area contributed by atoms with Crippen molar-refractivity contribution in [2.75, 3.05) is 5.32 Å². The van der Waals surface area contributed by atoms with Crippen molar-refractivity contribution in [2.24, 2.45) is 5.92 Å². The number of anilines is 1. The Morgan fingerprint density at radius 3 is 2.68 bits per heavy atom. The van der Waals surface area contributed by atoms with Crippen LogP contribution in [0.25, 0.3) is 0 Å². The molecule has 0 aliphatic heterocycles. The molecule has 0 aliphatic rings. The highest BCUT2D eigenvalue weighted by Gasteiger charge is 2.08. The van der Waals surface area contributed by atoms with Crippen LogP contribution in [0.5, 0.6) is 0 Å². The van der Waals surface area contributed by atoms with Gasteiger partial charge in [0.05, 0.1) is 6.54 Å². The van der Waals surface area contributed by atoms with E-state index in [1.165, 1.54) is 0 Å². The molecule has 0 fully saturated rings. The fourth-order valence-corrected chi connectivity index (χ4v) is 1.81. The van der Waals surface area contributed by atoms with Crippen LogP contribution in [0.1, 0.15) is 31.5 Å². The highest BCUT2D eigenvalue weighted by atomic mass is 35.5. The maximum atomic E-state index is 5.85. The first-order valence-electron chi connectivity index (χ1n) is 6.09. The van der Waals surface area contributed by atoms with Crippen molar-refractivity contribution >= 4 is 17.4 Å². The summed E-state index contributed by atoms with van der Waals surface area (Å²) in [5, 5.41) is 11.4. The lowest BCUT2D eigenvalue weighted by Gasteiger charge is -2.03. The van der Waals surface area contributed by atoms with Gasteiger partial charge in [-0.3, -0.25) is 0 Å². The minimum absolute atomic E-state index is 0.404. The van der Waals surface area contributed by atoms with E-state index in [4.69, 9.17) is 16.0 Å². The fraction of sp³-hybridized carbons (Fsp3) is 0.500. The summed E-state index contributed by atoms with van der Waals surface area (Å²) in [6.45, 7) is 6.41. The maximum absolute atomic E-state index is 5.85. The Balaban J connectivity index is 1.96. The molecule has 0 aliphatic carbocycles. The molecule has 6 nitrogen and oxygen atoms in total. The van der Waals surface area contributed by atoms with Crippen molar-refractivity contribution in [3.8, 4) is 0 Å². The molecular formula is C12H16ClN5O. The second-order valence-electron chi connectivity index (χ2n) is 4.66. The van der Waals surface area contributed by atoms with Gasteiger partial charge in [0.25, 0.3) is 0 Å². The third-order valence-electron chi connectivity index (χ3n) is 2.32. The zero-order chi connectivity index (χ0) is 13.8. The van der Waals surface area contributed by atoms with E-state index in [1.807, 2.05) is 0 Å². The Morgan fingerprint density at radius 1 is 1.26 bits per heavy atom. The first kappa shape index (κ1) is 13.7. The molecule has 0 saturated carbocycles. The third-order valence-corrected chi connectivity index (χ3v) is 2.51. The lowest BCUT2D eigenvalue weighted by molar-refractivity contribution is 0.429. The van der Waals surface area contributed by atoms with Gasteiger partial charge in [-0.1, -0.05) is 25.4 Å². The Hall–Kier alpha value is -1.69. The summed E-state index contributed by atoms with van der Waals surface area (Å²) in [4.78, 5) is 8.20. The summed E-state index contributed by atoms with van der Waals surface area (Å²) in [5.41, 5.74) is 0. The number of hydrogen-bond donors (Lipinski definition) is 1. The highest BCUT2D eigenvalue weighted by Crippen LogP contribution is 2.12. The van der Waals surface area contributed by atoms with Crippen LogP contribution in [0.2, 0.25) is 5.15 Å². The molecule has 2 aromatic rings. The smallest absolute Gasteiger partial charge is 0.235 e. The van der Waals surface area contributed by atoms with E-state index in [9.17, 15) is 0 Å². The molecule has 0 aromatic carbocycles. The van der Waals surface area contributed by atoms with Gasteiger partial charge in [0.2, 0.25) is 11.8 Å². The normalized spacial score (nSPS) is 11.0. The second-order valence-corrected chi connectivity index (χ2v) is 5.05. The van der Waals surface area contributed by atoms with Crippen LogP contribution in [0.15, 0.2) is 10.5 Å².